The predicted octanol–water partition coefficient (Wildman–Crippen LogP) is 1.05. The lowest BCUT2D eigenvalue weighted by atomic mass is 9.87. The number of fused-ring (bicyclic) bond motifs is 1. The summed E-state index contributed by atoms with van der Waals surface area (Å²) in [6, 6.07) is 0.381. The maximum atomic E-state index is 13.6. The van der Waals surface area contributed by atoms with Crippen molar-refractivity contribution in [2.75, 3.05) is 32.5 Å². The molecule has 3 atom stereocenters. The number of aliphatic hydroxyl groups is 1. The largest absolute Gasteiger partial charge is 0.396 e. The Balaban J connectivity index is 1.81. The van der Waals surface area contributed by atoms with Gasteiger partial charge in [0.2, 0.25) is 0 Å². The molecule has 0 radical (unpaired) electrons. The summed E-state index contributed by atoms with van der Waals surface area (Å²) in [7, 11) is 0. The van der Waals surface area contributed by atoms with Gasteiger partial charge in [0.25, 0.3) is 0 Å². The number of nitrogens with one attached hydrogen (secondary N) is 1. The Morgan fingerprint density at radius 1 is 1.52 bits per heavy atom. The fraction of sp³-hybridized carbons (Fsp3) is 0.714. The average Bonchev–Trinajstić information content (AvgIpc) is 2.54. The molecule has 1 aromatic rings. The van der Waals surface area contributed by atoms with Crippen LogP contribution >= 0.6 is 11.8 Å². The van der Waals surface area contributed by atoms with Crippen LogP contribution in [-0.2, 0) is 0 Å². The maximum Gasteiger partial charge on any atom is 0.173 e. The Kier molecular flexibility index (Phi) is 4.73. The zero-order valence-electron chi connectivity index (χ0n) is 12.1. The van der Waals surface area contributed by atoms with Gasteiger partial charge in [-0.2, -0.15) is 0 Å². The van der Waals surface area contributed by atoms with E-state index in [4.69, 9.17) is 0 Å². The normalized spacial score (nSPS) is 30.1. The Morgan fingerprint density at radius 2 is 2.38 bits per heavy atom. The van der Waals surface area contributed by atoms with Gasteiger partial charge in [0, 0.05) is 32.3 Å². The summed E-state index contributed by atoms with van der Waals surface area (Å²) in [6.45, 7) is 3.03. The van der Waals surface area contributed by atoms with Crippen molar-refractivity contribution in [3.05, 3.63) is 17.8 Å². The molecule has 5 nitrogen and oxygen atoms in total. The molecule has 0 spiro atoms. The van der Waals surface area contributed by atoms with Crippen LogP contribution in [-0.4, -0.2) is 58.5 Å². The number of piperidine rings is 1. The number of hydrogen-bond donors (Lipinski definition) is 2. The fourth-order valence-corrected chi connectivity index (χ4v) is 3.78. The molecule has 2 aliphatic rings. The van der Waals surface area contributed by atoms with Gasteiger partial charge in [0.05, 0.1) is 12.2 Å². The molecular weight excluding hydrogens is 291 g/mol. The number of aliphatic hydroxyl groups excluding tert-OH is 1. The molecule has 116 valence electrons. The number of thioether (sulfide) groups is 1. The van der Waals surface area contributed by atoms with Crippen molar-refractivity contribution in [1.29, 1.82) is 0 Å². The standard InChI is InChI=1S/C14H21FN4OS/c1-21-14-10(15)6-17-13(18-14)12-11-3-2-9(8-20)7-19(11)5-4-16-12/h6,9,11-12,16,20H,2-5,7-8H2,1H3. The monoisotopic (exact) mass is 312 g/mol. The van der Waals surface area contributed by atoms with Crippen molar-refractivity contribution in [2.45, 2.75) is 30.0 Å². The Labute approximate surface area is 128 Å². The summed E-state index contributed by atoms with van der Waals surface area (Å²) in [6.07, 6.45) is 5.13. The highest BCUT2D eigenvalue weighted by Gasteiger charge is 2.38. The molecule has 3 rings (SSSR count). The molecular formula is C14H21FN4OS. The number of halogens is 1. The van der Waals surface area contributed by atoms with Crippen molar-refractivity contribution in [1.82, 2.24) is 20.2 Å². The highest BCUT2D eigenvalue weighted by Crippen LogP contribution is 2.32. The number of hydrogen-bond acceptors (Lipinski definition) is 6. The summed E-state index contributed by atoms with van der Waals surface area (Å²) < 4.78 is 13.6. The van der Waals surface area contributed by atoms with E-state index in [1.165, 1.54) is 18.0 Å². The molecule has 2 saturated heterocycles. The van der Waals surface area contributed by atoms with Crippen molar-refractivity contribution in [2.24, 2.45) is 5.92 Å². The molecule has 2 fully saturated rings. The van der Waals surface area contributed by atoms with Gasteiger partial charge in [-0.3, -0.25) is 4.90 Å². The van der Waals surface area contributed by atoms with Crippen LogP contribution in [0.4, 0.5) is 4.39 Å². The average molecular weight is 312 g/mol. The highest BCUT2D eigenvalue weighted by atomic mass is 32.2. The number of rotatable bonds is 3. The molecule has 2 aliphatic heterocycles. The Bertz CT molecular complexity index is 504. The van der Waals surface area contributed by atoms with E-state index in [0.717, 1.165) is 32.5 Å². The van der Waals surface area contributed by atoms with Crippen LogP contribution in [0.3, 0.4) is 0 Å². The number of nitrogens with zero attached hydrogens (tertiary/aromatic N) is 3. The fourth-order valence-electron chi connectivity index (χ4n) is 3.35. The highest BCUT2D eigenvalue weighted by molar-refractivity contribution is 7.98. The third kappa shape index (κ3) is 3.06. The van der Waals surface area contributed by atoms with Crippen molar-refractivity contribution in [3.63, 3.8) is 0 Å². The quantitative estimate of drug-likeness (QED) is 0.643. The molecule has 0 aromatic carbocycles. The van der Waals surface area contributed by atoms with Crippen molar-refractivity contribution < 1.29 is 9.50 Å². The van der Waals surface area contributed by atoms with Gasteiger partial charge in [0.1, 0.15) is 10.9 Å². The molecule has 7 heteroatoms. The van der Waals surface area contributed by atoms with Crippen LogP contribution in [0, 0.1) is 11.7 Å². The third-order valence-corrected chi connectivity index (χ3v) is 5.11. The van der Waals surface area contributed by atoms with Crippen LogP contribution in [0.25, 0.3) is 0 Å². The van der Waals surface area contributed by atoms with Gasteiger partial charge in [-0.15, -0.1) is 11.8 Å². The molecule has 0 aliphatic carbocycles. The van der Waals surface area contributed by atoms with Gasteiger partial charge in [-0.25, -0.2) is 14.4 Å². The molecule has 3 heterocycles. The van der Waals surface area contributed by atoms with Gasteiger partial charge in [-0.1, -0.05) is 0 Å². The topological polar surface area (TPSA) is 61.3 Å². The summed E-state index contributed by atoms with van der Waals surface area (Å²) in [5.74, 6) is 0.691. The molecule has 1 aromatic heterocycles. The van der Waals surface area contributed by atoms with Gasteiger partial charge in [-0.05, 0) is 25.0 Å². The lowest BCUT2D eigenvalue weighted by Crippen LogP contribution is -2.57. The van der Waals surface area contributed by atoms with Gasteiger partial charge >= 0.3 is 0 Å². The van der Waals surface area contributed by atoms with Crippen LogP contribution in [0.2, 0.25) is 0 Å². The summed E-state index contributed by atoms with van der Waals surface area (Å²) in [5.41, 5.74) is 0. The lowest BCUT2D eigenvalue weighted by Gasteiger charge is -2.46. The van der Waals surface area contributed by atoms with Crippen molar-refractivity contribution >= 4 is 11.8 Å². The summed E-state index contributed by atoms with van der Waals surface area (Å²) in [4.78, 5) is 11.0. The number of aromatic nitrogens is 2. The first kappa shape index (κ1) is 15.1. The predicted molar refractivity (Wildman–Crippen MR) is 79.7 cm³/mol. The first-order valence-corrected chi connectivity index (χ1v) is 8.60. The third-order valence-electron chi connectivity index (χ3n) is 4.44. The molecule has 0 bridgehead atoms. The second-order valence-electron chi connectivity index (χ2n) is 5.71. The summed E-state index contributed by atoms with van der Waals surface area (Å²) in [5, 5.41) is 13.2. The molecule has 2 N–H and O–H groups in total. The zero-order chi connectivity index (χ0) is 14.8. The SMILES string of the molecule is CSc1nc(C2NCCN3CC(CO)CCC23)ncc1F. The Morgan fingerprint density at radius 3 is 3.14 bits per heavy atom. The lowest BCUT2D eigenvalue weighted by molar-refractivity contribution is 0.0331. The second-order valence-corrected chi connectivity index (χ2v) is 6.50. The van der Waals surface area contributed by atoms with E-state index in [1.807, 2.05) is 6.26 Å². The van der Waals surface area contributed by atoms with E-state index in [-0.39, 0.29) is 18.5 Å². The van der Waals surface area contributed by atoms with Crippen LogP contribution in [0.5, 0.6) is 0 Å². The minimum absolute atomic E-state index is 0.0462. The van der Waals surface area contributed by atoms with E-state index in [9.17, 15) is 9.50 Å². The van der Waals surface area contributed by atoms with Gasteiger partial charge in [0.15, 0.2) is 5.82 Å². The smallest absolute Gasteiger partial charge is 0.173 e. The van der Waals surface area contributed by atoms with Crippen LogP contribution < -0.4 is 5.32 Å². The van der Waals surface area contributed by atoms with E-state index in [0.29, 0.717) is 22.8 Å². The van der Waals surface area contributed by atoms with E-state index >= 15 is 0 Å². The molecule has 3 unspecified atom stereocenters. The molecule has 21 heavy (non-hydrogen) atoms. The second kappa shape index (κ2) is 6.56. The minimum Gasteiger partial charge on any atom is -0.396 e. The minimum atomic E-state index is -0.358. The maximum absolute atomic E-state index is 13.6. The van der Waals surface area contributed by atoms with Gasteiger partial charge < -0.3 is 10.4 Å². The molecule has 0 saturated carbocycles. The molecule has 0 amide bonds. The van der Waals surface area contributed by atoms with E-state index < -0.39 is 0 Å². The number of piperazine rings is 1. The summed E-state index contributed by atoms with van der Waals surface area (Å²) >= 11 is 1.31. The van der Waals surface area contributed by atoms with E-state index in [1.54, 1.807) is 0 Å². The van der Waals surface area contributed by atoms with E-state index in [2.05, 4.69) is 20.2 Å². The van der Waals surface area contributed by atoms with Crippen LogP contribution in [0.15, 0.2) is 11.2 Å². The first-order valence-electron chi connectivity index (χ1n) is 7.37. The van der Waals surface area contributed by atoms with Crippen molar-refractivity contribution in [3.8, 4) is 0 Å². The first-order chi connectivity index (χ1) is 10.2. The van der Waals surface area contributed by atoms with Crippen LogP contribution in [0.1, 0.15) is 24.7 Å². The Hall–Kier alpha value is -0.760. The zero-order valence-corrected chi connectivity index (χ0v) is 12.9.